The first-order chi connectivity index (χ1) is 9.38. The van der Waals surface area contributed by atoms with Gasteiger partial charge in [0.25, 0.3) is 0 Å². The summed E-state index contributed by atoms with van der Waals surface area (Å²) in [5.74, 6) is 0. The zero-order valence-corrected chi connectivity index (χ0v) is 11.1. The standard InChI is InChI=1S/C13H16F3N3O/c1-18-6-8-19(9-7-18)12(20)17-11-5-3-2-4-10(11)13(14,15)16/h2-5H,6-9H2,1H3,(H,17,20). The highest BCUT2D eigenvalue weighted by molar-refractivity contribution is 5.90. The number of amides is 2. The van der Waals surface area contributed by atoms with Crippen LogP contribution in [0, 0.1) is 0 Å². The molecule has 1 N–H and O–H groups in total. The van der Waals surface area contributed by atoms with Gasteiger partial charge in [0.15, 0.2) is 0 Å². The van der Waals surface area contributed by atoms with E-state index in [0.717, 1.165) is 6.07 Å². The minimum Gasteiger partial charge on any atom is -0.322 e. The van der Waals surface area contributed by atoms with Gasteiger partial charge in [-0.15, -0.1) is 0 Å². The van der Waals surface area contributed by atoms with E-state index in [4.69, 9.17) is 0 Å². The molecule has 4 nitrogen and oxygen atoms in total. The van der Waals surface area contributed by atoms with Crippen LogP contribution in [0.1, 0.15) is 5.56 Å². The van der Waals surface area contributed by atoms with Crippen molar-refractivity contribution in [1.82, 2.24) is 9.80 Å². The number of nitrogens with one attached hydrogen (secondary N) is 1. The lowest BCUT2D eigenvalue weighted by Gasteiger charge is -2.32. The third-order valence-electron chi connectivity index (χ3n) is 3.26. The molecule has 1 heterocycles. The number of alkyl halides is 3. The molecule has 110 valence electrons. The maximum absolute atomic E-state index is 12.8. The Morgan fingerprint density at radius 2 is 1.75 bits per heavy atom. The number of para-hydroxylation sites is 1. The van der Waals surface area contributed by atoms with Gasteiger partial charge in [-0.25, -0.2) is 4.79 Å². The average molecular weight is 287 g/mol. The van der Waals surface area contributed by atoms with Crippen LogP contribution in [0.2, 0.25) is 0 Å². The average Bonchev–Trinajstić information content (AvgIpc) is 2.38. The number of nitrogens with zero attached hydrogens (tertiary/aromatic N) is 2. The topological polar surface area (TPSA) is 35.6 Å². The number of halogens is 3. The third kappa shape index (κ3) is 3.41. The fraction of sp³-hybridized carbons (Fsp3) is 0.462. The molecule has 1 aromatic rings. The second-order valence-electron chi connectivity index (χ2n) is 4.76. The summed E-state index contributed by atoms with van der Waals surface area (Å²) >= 11 is 0. The number of hydrogen-bond donors (Lipinski definition) is 1. The molecule has 0 bridgehead atoms. The van der Waals surface area contributed by atoms with Gasteiger partial charge in [0.1, 0.15) is 0 Å². The van der Waals surface area contributed by atoms with Crippen molar-refractivity contribution in [2.24, 2.45) is 0 Å². The molecule has 20 heavy (non-hydrogen) atoms. The van der Waals surface area contributed by atoms with Crippen LogP contribution in [0.15, 0.2) is 24.3 Å². The lowest BCUT2D eigenvalue weighted by molar-refractivity contribution is -0.136. The summed E-state index contributed by atoms with van der Waals surface area (Å²) in [6, 6.07) is 4.49. The first-order valence-corrected chi connectivity index (χ1v) is 6.28. The molecule has 2 amide bonds. The van der Waals surface area contributed by atoms with E-state index < -0.39 is 17.8 Å². The summed E-state index contributed by atoms with van der Waals surface area (Å²) in [6.07, 6.45) is -4.48. The summed E-state index contributed by atoms with van der Waals surface area (Å²) in [5.41, 5.74) is -1.04. The van der Waals surface area contributed by atoms with Crippen molar-refractivity contribution in [2.75, 3.05) is 38.5 Å². The van der Waals surface area contributed by atoms with E-state index in [1.54, 1.807) is 0 Å². The number of anilines is 1. The predicted molar refractivity (Wildman–Crippen MR) is 69.5 cm³/mol. The molecule has 0 saturated carbocycles. The van der Waals surface area contributed by atoms with Crippen molar-refractivity contribution in [3.8, 4) is 0 Å². The lowest BCUT2D eigenvalue weighted by atomic mass is 10.1. The largest absolute Gasteiger partial charge is 0.418 e. The SMILES string of the molecule is CN1CCN(C(=O)Nc2ccccc2C(F)(F)F)CC1. The van der Waals surface area contributed by atoms with Crippen molar-refractivity contribution in [2.45, 2.75) is 6.18 Å². The Kier molecular flexibility index (Phi) is 4.17. The zero-order chi connectivity index (χ0) is 14.8. The van der Waals surface area contributed by atoms with Crippen LogP contribution in [0.25, 0.3) is 0 Å². The summed E-state index contributed by atoms with van der Waals surface area (Å²) < 4.78 is 38.5. The van der Waals surface area contributed by atoms with Crippen LogP contribution in [0.4, 0.5) is 23.7 Å². The van der Waals surface area contributed by atoms with Crippen LogP contribution < -0.4 is 5.32 Å². The number of hydrogen-bond acceptors (Lipinski definition) is 2. The molecule has 1 saturated heterocycles. The van der Waals surface area contributed by atoms with Gasteiger partial charge < -0.3 is 15.1 Å². The molecular weight excluding hydrogens is 271 g/mol. The fourth-order valence-corrected chi connectivity index (χ4v) is 2.04. The van der Waals surface area contributed by atoms with Crippen molar-refractivity contribution in [1.29, 1.82) is 0 Å². The Morgan fingerprint density at radius 3 is 2.35 bits per heavy atom. The van der Waals surface area contributed by atoms with Crippen LogP contribution in [0.3, 0.4) is 0 Å². The zero-order valence-electron chi connectivity index (χ0n) is 11.1. The summed E-state index contributed by atoms with van der Waals surface area (Å²) in [6.45, 7) is 2.45. The second kappa shape index (κ2) is 5.70. The maximum Gasteiger partial charge on any atom is 0.418 e. The molecule has 1 fully saturated rings. The van der Waals surface area contributed by atoms with Gasteiger partial charge >= 0.3 is 12.2 Å². The van der Waals surface area contributed by atoms with Gasteiger partial charge in [0, 0.05) is 26.2 Å². The Labute approximate surface area is 115 Å². The van der Waals surface area contributed by atoms with E-state index in [9.17, 15) is 18.0 Å². The Bertz CT molecular complexity index is 482. The second-order valence-corrected chi connectivity index (χ2v) is 4.76. The molecule has 1 aliphatic heterocycles. The van der Waals surface area contributed by atoms with Crippen LogP contribution in [-0.2, 0) is 6.18 Å². The van der Waals surface area contributed by atoms with Gasteiger partial charge in [0.05, 0.1) is 11.3 Å². The summed E-state index contributed by atoms with van der Waals surface area (Å²) in [5, 5.41) is 2.35. The Morgan fingerprint density at radius 1 is 1.15 bits per heavy atom. The van der Waals surface area contributed by atoms with E-state index in [1.807, 2.05) is 7.05 Å². The molecule has 0 spiro atoms. The molecular formula is C13H16F3N3O. The van der Waals surface area contributed by atoms with E-state index in [2.05, 4.69) is 10.2 Å². The number of rotatable bonds is 1. The highest BCUT2D eigenvalue weighted by atomic mass is 19.4. The number of urea groups is 1. The van der Waals surface area contributed by atoms with E-state index in [-0.39, 0.29) is 5.69 Å². The first kappa shape index (κ1) is 14.6. The van der Waals surface area contributed by atoms with Gasteiger partial charge in [-0.2, -0.15) is 13.2 Å². The first-order valence-electron chi connectivity index (χ1n) is 6.28. The molecule has 1 aromatic carbocycles. The monoisotopic (exact) mass is 287 g/mol. The molecule has 0 radical (unpaired) electrons. The molecule has 1 aliphatic rings. The van der Waals surface area contributed by atoms with E-state index in [0.29, 0.717) is 26.2 Å². The van der Waals surface area contributed by atoms with E-state index >= 15 is 0 Å². The highest BCUT2D eigenvalue weighted by Crippen LogP contribution is 2.34. The van der Waals surface area contributed by atoms with Crippen molar-refractivity contribution in [3.05, 3.63) is 29.8 Å². The normalized spacial score (nSPS) is 17.1. The molecule has 0 aliphatic carbocycles. The van der Waals surface area contributed by atoms with Gasteiger partial charge in [-0.1, -0.05) is 12.1 Å². The van der Waals surface area contributed by atoms with Crippen molar-refractivity contribution in [3.63, 3.8) is 0 Å². The van der Waals surface area contributed by atoms with E-state index in [1.165, 1.54) is 23.1 Å². The van der Waals surface area contributed by atoms with Gasteiger partial charge in [-0.05, 0) is 19.2 Å². The lowest BCUT2D eigenvalue weighted by Crippen LogP contribution is -2.48. The summed E-state index contributed by atoms with van der Waals surface area (Å²) in [4.78, 5) is 15.6. The summed E-state index contributed by atoms with van der Waals surface area (Å²) in [7, 11) is 1.94. The fourth-order valence-electron chi connectivity index (χ4n) is 2.04. The number of likely N-dealkylation sites (N-methyl/N-ethyl adjacent to an activating group) is 1. The molecule has 0 atom stereocenters. The Balaban J connectivity index is 2.08. The Hall–Kier alpha value is -1.76. The van der Waals surface area contributed by atoms with Gasteiger partial charge in [-0.3, -0.25) is 0 Å². The molecule has 2 rings (SSSR count). The number of carbonyl (C=O) groups excluding carboxylic acids is 1. The predicted octanol–water partition coefficient (Wildman–Crippen LogP) is 2.48. The van der Waals surface area contributed by atoms with Crippen LogP contribution in [-0.4, -0.2) is 49.1 Å². The van der Waals surface area contributed by atoms with Crippen LogP contribution in [0.5, 0.6) is 0 Å². The van der Waals surface area contributed by atoms with Crippen LogP contribution >= 0.6 is 0 Å². The number of benzene rings is 1. The smallest absolute Gasteiger partial charge is 0.322 e. The minimum atomic E-state index is -4.48. The maximum atomic E-state index is 12.8. The molecule has 0 aromatic heterocycles. The third-order valence-corrected chi connectivity index (χ3v) is 3.26. The molecule has 0 unspecified atom stereocenters. The van der Waals surface area contributed by atoms with Crippen molar-refractivity contribution >= 4 is 11.7 Å². The van der Waals surface area contributed by atoms with Crippen molar-refractivity contribution < 1.29 is 18.0 Å². The molecule has 7 heteroatoms. The number of piperazine rings is 1. The quantitative estimate of drug-likeness (QED) is 0.861. The van der Waals surface area contributed by atoms with Gasteiger partial charge in [0.2, 0.25) is 0 Å². The highest BCUT2D eigenvalue weighted by Gasteiger charge is 2.34. The minimum absolute atomic E-state index is 0.205. The number of carbonyl (C=O) groups is 1.